The van der Waals surface area contributed by atoms with Gasteiger partial charge in [0.15, 0.2) is 0 Å². The van der Waals surface area contributed by atoms with E-state index in [1.165, 1.54) is 283 Å². The lowest BCUT2D eigenvalue weighted by molar-refractivity contribution is -0.143. The molecule has 0 saturated carbocycles. The summed E-state index contributed by atoms with van der Waals surface area (Å²) in [6.07, 6.45) is 70.8. The number of allylic oxidation sites excluding steroid dienone is 2. The molecule has 6 heteroatoms. The molecule has 410 valence electrons. The SMILES string of the molecule is CCCCCCCCCCCCCCCCC(O)C(CO)NC(=O)CCCCCCCCCCCC/C=C\CCCCCCCCCCCCCCOC(=O)CCCCCCCCCCCCCC. The summed E-state index contributed by atoms with van der Waals surface area (Å²) in [4.78, 5) is 24.5. The predicted molar refractivity (Wildman–Crippen MR) is 301 cm³/mol. The van der Waals surface area contributed by atoms with Crippen LogP contribution in [0.2, 0.25) is 0 Å². The third-order valence-corrected chi connectivity index (χ3v) is 14.8. The molecule has 0 spiro atoms. The molecule has 0 aliphatic rings. The van der Waals surface area contributed by atoms with E-state index in [9.17, 15) is 19.8 Å². The van der Waals surface area contributed by atoms with E-state index in [1.54, 1.807) is 0 Å². The number of aliphatic hydroxyl groups excluding tert-OH is 2. The van der Waals surface area contributed by atoms with Crippen LogP contribution in [0.1, 0.15) is 354 Å². The number of aliphatic hydroxyl groups is 2. The predicted octanol–water partition coefficient (Wildman–Crippen LogP) is 19.6. The Kier molecular flexibility index (Phi) is 58.0. The molecule has 0 heterocycles. The van der Waals surface area contributed by atoms with Gasteiger partial charge in [0.25, 0.3) is 0 Å². The zero-order chi connectivity index (χ0) is 50.0. The molecule has 0 aromatic heterocycles. The van der Waals surface area contributed by atoms with Gasteiger partial charge in [-0.25, -0.2) is 0 Å². The second-order valence-electron chi connectivity index (χ2n) is 21.7. The minimum absolute atomic E-state index is 0.0156. The number of carbonyl (C=O) groups is 2. The zero-order valence-corrected chi connectivity index (χ0v) is 46.8. The first-order chi connectivity index (χ1) is 34.0. The molecular weight excluding hydrogens is 851 g/mol. The zero-order valence-electron chi connectivity index (χ0n) is 46.8. The Labute approximate surface area is 431 Å². The average molecular weight is 975 g/mol. The van der Waals surface area contributed by atoms with Crippen molar-refractivity contribution in [1.82, 2.24) is 5.32 Å². The highest BCUT2D eigenvalue weighted by Crippen LogP contribution is 2.18. The van der Waals surface area contributed by atoms with Crippen molar-refractivity contribution in [2.75, 3.05) is 13.2 Å². The van der Waals surface area contributed by atoms with E-state index in [0.29, 0.717) is 25.9 Å². The van der Waals surface area contributed by atoms with Crippen molar-refractivity contribution in [3.8, 4) is 0 Å². The standard InChI is InChI=1S/C63H123NO5/c1-3-5-7-9-11-13-15-17-32-35-39-43-47-51-55-61(66)60(59-65)64-62(67)56-52-48-44-40-36-33-30-28-26-24-22-20-18-19-21-23-25-27-29-31-34-38-42-46-50-54-58-69-63(68)57-53-49-45-41-37-16-14-12-10-8-6-4-2/h18,20,60-61,65-66H,3-17,19,21-59H2,1-2H3,(H,64,67)/b20-18-. The lowest BCUT2D eigenvalue weighted by atomic mass is 10.0. The molecule has 0 aromatic carbocycles. The molecule has 0 radical (unpaired) electrons. The number of hydrogen-bond acceptors (Lipinski definition) is 5. The highest BCUT2D eigenvalue weighted by Gasteiger charge is 2.20. The maximum atomic E-state index is 12.5. The Morgan fingerprint density at radius 3 is 1.03 bits per heavy atom. The number of unbranched alkanes of at least 4 members (excludes halogenated alkanes) is 46. The van der Waals surface area contributed by atoms with Gasteiger partial charge in [0.1, 0.15) is 0 Å². The van der Waals surface area contributed by atoms with Crippen LogP contribution in [0, 0.1) is 0 Å². The Hall–Kier alpha value is -1.40. The highest BCUT2D eigenvalue weighted by atomic mass is 16.5. The van der Waals surface area contributed by atoms with Crippen molar-refractivity contribution in [3.05, 3.63) is 12.2 Å². The third kappa shape index (κ3) is 55.8. The fraction of sp³-hybridized carbons (Fsp3) is 0.937. The summed E-state index contributed by atoms with van der Waals surface area (Å²) < 4.78 is 5.47. The van der Waals surface area contributed by atoms with Crippen molar-refractivity contribution in [1.29, 1.82) is 0 Å². The number of rotatable bonds is 59. The second kappa shape index (κ2) is 59.2. The minimum Gasteiger partial charge on any atom is -0.466 e. The fourth-order valence-corrected chi connectivity index (χ4v) is 9.99. The topological polar surface area (TPSA) is 95.9 Å². The van der Waals surface area contributed by atoms with E-state index < -0.39 is 12.1 Å². The summed E-state index contributed by atoms with van der Waals surface area (Å²) in [5.74, 6) is -0.0191. The van der Waals surface area contributed by atoms with Gasteiger partial charge in [0.2, 0.25) is 5.91 Å². The summed E-state index contributed by atoms with van der Waals surface area (Å²) in [7, 11) is 0. The summed E-state index contributed by atoms with van der Waals surface area (Å²) >= 11 is 0. The van der Waals surface area contributed by atoms with E-state index in [0.717, 1.165) is 38.5 Å². The first-order valence-corrected chi connectivity index (χ1v) is 31.4. The van der Waals surface area contributed by atoms with Crippen molar-refractivity contribution in [2.24, 2.45) is 0 Å². The molecule has 2 unspecified atom stereocenters. The van der Waals surface area contributed by atoms with E-state index in [4.69, 9.17) is 4.74 Å². The van der Waals surface area contributed by atoms with E-state index in [1.807, 2.05) is 0 Å². The molecule has 0 fully saturated rings. The monoisotopic (exact) mass is 974 g/mol. The quantitative estimate of drug-likeness (QED) is 0.0321. The van der Waals surface area contributed by atoms with Crippen LogP contribution in [0.3, 0.4) is 0 Å². The molecule has 0 aromatic rings. The van der Waals surface area contributed by atoms with Crippen molar-refractivity contribution in [3.63, 3.8) is 0 Å². The molecule has 6 nitrogen and oxygen atoms in total. The largest absolute Gasteiger partial charge is 0.466 e. The molecule has 0 rings (SSSR count). The van der Waals surface area contributed by atoms with Crippen LogP contribution in [0.25, 0.3) is 0 Å². The first-order valence-electron chi connectivity index (χ1n) is 31.4. The fourth-order valence-electron chi connectivity index (χ4n) is 9.99. The minimum atomic E-state index is -0.664. The molecular formula is C63H123NO5. The van der Waals surface area contributed by atoms with Crippen molar-refractivity contribution < 1.29 is 24.5 Å². The molecule has 1 amide bonds. The number of esters is 1. The number of nitrogens with one attached hydrogen (secondary N) is 1. The van der Waals surface area contributed by atoms with Gasteiger partial charge in [-0.3, -0.25) is 9.59 Å². The Morgan fingerprint density at radius 1 is 0.391 bits per heavy atom. The maximum Gasteiger partial charge on any atom is 0.305 e. The van der Waals surface area contributed by atoms with Gasteiger partial charge in [0, 0.05) is 12.8 Å². The number of carbonyl (C=O) groups excluding carboxylic acids is 2. The average Bonchev–Trinajstić information content (AvgIpc) is 3.35. The maximum absolute atomic E-state index is 12.5. The Balaban J connectivity index is 3.37. The van der Waals surface area contributed by atoms with Gasteiger partial charge in [-0.05, 0) is 51.4 Å². The molecule has 0 aliphatic heterocycles. The van der Waals surface area contributed by atoms with Gasteiger partial charge in [-0.1, -0.05) is 302 Å². The summed E-state index contributed by atoms with van der Waals surface area (Å²) in [5, 5.41) is 23.3. The van der Waals surface area contributed by atoms with Gasteiger partial charge in [-0.15, -0.1) is 0 Å². The number of ether oxygens (including phenoxy) is 1. The summed E-state index contributed by atoms with van der Waals surface area (Å²) in [5.41, 5.74) is 0. The Bertz CT molecular complexity index is 1030. The van der Waals surface area contributed by atoms with Gasteiger partial charge >= 0.3 is 5.97 Å². The first kappa shape index (κ1) is 67.6. The number of amides is 1. The van der Waals surface area contributed by atoms with Crippen LogP contribution in [0.4, 0.5) is 0 Å². The van der Waals surface area contributed by atoms with E-state index in [-0.39, 0.29) is 18.5 Å². The van der Waals surface area contributed by atoms with Crippen molar-refractivity contribution in [2.45, 2.75) is 366 Å². The lowest BCUT2D eigenvalue weighted by Gasteiger charge is -2.22. The van der Waals surface area contributed by atoms with Gasteiger partial charge < -0.3 is 20.3 Å². The molecule has 2 atom stereocenters. The van der Waals surface area contributed by atoms with Crippen LogP contribution >= 0.6 is 0 Å². The van der Waals surface area contributed by atoms with Crippen LogP contribution in [-0.4, -0.2) is 47.4 Å². The highest BCUT2D eigenvalue weighted by molar-refractivity contribution is 5.76. The normalized spacial score (nSPS) is 12.6. The van der Waals surface area contributed by atoms with E-state index in [2.05, 4.69) is 31.3 Å². The smallest absolute Gasteiger partial charge is 0.305 e. The molecule has 3 N–H and O–H groups in total. The molecule has 69 heavy (non-hydrogen) atoms. The molecule has 0 bridgehead atoms. The van der Waals surface area contributed by atoms with Crippen LogP contribution in [0.5, 0.6) is 0 Å². The Morgan fingerprint density at radius 2 is 0.681 bits per heavy atom. The van der Waals surface area contributed by atoms with Crippen LogP contribution < -0.4 is 5.32 Å². The second-order valence-corrected chi connectivity index (χ2v) is 21.7. The number of hydrogen-bond donors (Lipinski definition) is 3. The summed E-state index contributed by atoms with van der Waals surface area (Å²) in [6, 6.07) is -0.541. The van der Waals surface area contributed by atoms with Crippen molar-refractivity contribution >= 4 is 11.9 Å². The van der Waals surface area contributed by atoms with Crippen LogP contribution in [-0.2, 0) is 14.3 Å². The summed E-state index contributed by atoms with van der Waals surface area (Å²) in [6.45, 7) is 4.97. The third-order valence-electron chi connectivity index (χ3n) is 14.8. The molecule has 0 aliphatic carbocycles. The van der Waals surface area contributed by atoms with Gasteiger partial charge in [-0.2, -0.15) is 0 Å². The lowest BCUT2D eigenvalue weighted by Crippen LogP contribution is -2.45. The van der Waals surface area contributed by atoms with Crippen LogP contribution in [0.15, 0.2) is 12.2 Å². The molecule has 0 saturated heterocycles. The van der Waals surface area contributed by atoms with Gasteiger partial charge in [0.05, 0.1) is 25.4 Å². The van der Waals surface area contributed by atoms with E-state index >= 15 is 0 Å².